The Hall–Kier alpha value is -2.36. The molecule has 0 unspecified atom stereocenters. The number of anilines is 1. The maximum absolute atomic E-state index is 13.1. The van der Waals surface area contributed by atoms with Gasteiger partial charge in [-0.15, -0.1) is 13.2 Å². The van der Waals surface area contributed by atoms with Crippen LogP contribution in [-0.2, 0) is 10.0 Å². The highest BCUT2D eigenvalue weighted by Crippen LogP contribution is 2.26. The molecule has 0 aromatic heterocycles. The number of sulfonamides is 1. The van der Waals surface area contributed by atoms with E-state index in [-0.39, 0.29) is 5.69 Å². The van der Waals surface area contributed by atoms with Crippen molar-refractivity contribution in [3.8, 4) is 5.75 Å². The second-order valence-electron chi connectivity index (χ2n) is 4.29. The first-order chi connectivity index (χ1) is 10.5. The van der Waals surface area contributed by atoms with Crippen LogP contribution < -0.4 is 9.46 Å². The molecule has 2 rings (SSSR count). The number of alkyl halides is 3. The van der Waals surface area contributed by atoms with Gasteiger partial charge < -0.3 is 4.74 Å². The van der Waals surface area contributed by atoms with Crippen molar-refractivity contribution in [1.82, 2.24) is 0 Å². The molecular weight excluding hydrogens is 345 g/mol. The van der Waals surface area contributed by atoms with Crippen molar-refractivity contribution in [3.63, 3.8) is 0 Å². The summed E-state index contributed by atoms with van der Waals surface area (Å²) in [5.41, 5.74) is -0.267. The summed E-state index contributed by atoms with van der Waals surface area (Å²) in [7, 11) is -4.39. The normalized spacial score (nSPS) is 12.0. The van der Waals surface area contributed by atoms with Gasteiger partial charge in [0.1, 0.15) is 17.4 Å². The standard InChI is InChI=1S/C13H8F5NO3S/c14-8-4-9(15)6-12(5-8)23(20,21)19-10-2-1-3-11(7-10)22-13(16,17)18/h1-7,19H. The Bertz CT molecular complexity index is 800. The van der Waals surface area contributed by atoms with Gasteiger partial charge >= 0.3 is 6.36 Å². The summed E-state index contributed by atoms with van der Waals surface area (Å²) >= 11 is 0. The summed E-state index contributed by atoms with van der Waals surface area (Å²) in [5.74, 6) is -2.87. The molecule has 0 atom stereocenters. The Morgan fingerprint density at radius 1 is 0.957 bits per heavy atom. The van der Waals surface area contributed by atoms with Gasteiger partial charge in [0, 0.05) is 12.1 Å². The second kappa shape index (κ2) is 6.03. The summed E-state index contributed by atoms with van der Waals surface area (Å²) in [5, 5.41) is 0. The fourth-order valence-corrected chi connectivity index (χ4v) is 2.75. The lowest BCUT2D eigenvalue weighted by Gasteiger charge is -2.12. The Kier molecular flexibility index (Phi) is 4.46. The van der Waals surface area contributed by atoms with Gasteiger partial charge in [0.15, 0.2) is 0 Å². The molecule has 0 spiro atoms. The lowest BCUT2D eigenvalue weighted by atomic mass is 10.3. The van der Waals surface area contributed by atoms with Crippen LogP contribution in [0.5, 0.6) is 5.75 Å². The molecule has 23 heavy (non-hydrogen) atoms. The van der Waals surface area contributed by atoms with E-state index in [1.54, 1.807) is 0 Å². The summed E-state index contributed by atoms with van der Waals surface area (Å²) in [6.07, 6.45) is -4.94. The van der Waals surface area contributed by atoms with Crippen molar-refractivity contribution in [2.45, 2.75) is 11.3 Å². The molecule has 0 aliphatic rings. The SMILES string of the molecule is O=S(=O)(Nc1cccc(OC(F)(F)F)c1)c1cc(F)cc(F)c1. The topological polar surface area (TPSA) is 55.4 Å². The van der Waals surface area contributed by atoms with Crippen molar-refractivity contribution in [3.05, 3.63) is 54.1 Å². The van der Waals surface area contributed by atoms with Crippen LogP contribution in [0.1, 0.15) is 0 Å². The van der Waals surface area contributed by atoms with Gasteiger partial charge in [-0.25, -0.2) is 17.2 Å². The van der Waals surface area contributed by atoms with E-state index in [0.29, 0.717) is 18.2 Å². The predicted octanol–water partition coefficient (Wildman–Crippen LogP) is 3.66. The average molecular weight is 353 g/mol. The minimum atomic E-state index is -4.94. The third-order valence-electron chi connectivity index (χ3n) is 2.47. The van der Waals surface area contributed by atoms with Gasteiger partial charge in [-0.2, -0.15) is 0 Å². The molecule has 0 aliphatic heterocycles. The molecule has 124 valence electrons. The van der Waals surface area contributed by atoms with Crippen LogP contribution in [0, 0.1) is 11.6 Å². The predicted molar refractivity (Wildman–Crippen MR) is 70.3 cm³/mol. The number of halogens is 5. The van der Waals surface area contributed by atoms with Gasteiger partial charge in [-0.1, -0.05) is 6.07 Å². The van der Waals surface area contributed by atoms with E-state index in [2.05, 4.69) is 4.74 Å². The molecule has 0 saturated heterocycles. The third-order valence-corrected chi connectivity index (χ3v) is 3.83. The Balaban J connectivity index is 2.29. The van der Waals surface area contributed by atoms with E-state index in [0.717, 1.165) is 24.3 Å². The zero-order valence-electron chi connectivity index (χ0n) is 11.1. The minimum Gasteiger partial charge on any atom is -0.406 e. The van der Waals surface area contributed by atoms with Crippen LogP contribution in [-0.4, -0.2) is 14.8 Å². The van der Waals surface area contributed by atoms with E-state index in [1.807, 2.05) is 4.72 Å². The molecule has 0 fully saturated rings. The lowest BCUT2D eigenvalue weighted by molar-refractivity contribution is -0.274. The molecule has 2 aromatic carbocycles. The quantitative estimate of drug-likeness (QED) is 0.854. The van der Waals surface area contributed by atoms with Crippen LogP contribution in [0.4, 0.5) is 27.6 Å². The highest BCUT2D eigenvalue weighted by Gasteiger charge is 2.31. The van der Waals surface area contributed by atoms with Crippen molar-refractivity contribution >= 4 is 15.7 Å². The number of nitrogens with one attached hydrogen (secondary N) is 1. The Morgan fingerprint density at radius 2 is 1.57 bits per heavy atom. The minimum absolute atomic E-state index is 0.267. The number of ether oxygens (including phenoxy) is 1. The molecule has 4 nitrogen and oxygen atoms in total. The van der Waals surface area contributed by atoms with Gasteiger partial charge in [0.05, 0.1) is 10.6 Å². The summed E-state index contributed by atoms with van der Waals surface area (Å²) in [4.78, 5) is -0.711. The van der Waals surface area contributed by atoms with Crippen LogP contribution in [0.25, 0.3) is 0 Å². The largest absolute Gasteiger partial charge is 0.573 e. The average Bonchev–Trinajstić information content (AvgIpc) is 2.35. The summed E-state index contributed by atoms with van der Waals surface area (Å²) in [6, 6.07) is 5.63. The zero-order valence-corrected chi connectivity index (χ0v) is 11.9. The molecule has 2 aromatic rings. The summed E-state index contributed by atoms with van der Waals surface area (Å²) in [6.45, 7) is 0. The van der Waals surface area contributed by atoms with E-state index in [1.165, 1.54) is 0 Å². The van der Waals surface area contributed by atoms with E-state index < -0.39 is 38.7 Å². The molecule has 1 N–H and O–H groups in total. The fourth-order valence-electron chi connectivity index (χ4n) is 1.65. The van der Waals surface area contributed by atoms with Crippen LogP contribution >= 0.6 is 0 Å². The molecule has 10 heteroatoms. The second-order valence-corrected chi connectivity index (χ2v) is 5.97. The first-order valence-electron chi connectivity index (χ1n) is 5.90. The smallest absolute Gasteiger partial charge is 0.406 e. The van der Waals surface area contributed by atoms with Crippen LogP contribution in [0.3, 0.4) is 0 Å². The van der Waals surface area contributed by atoms with Crippen molar-refractivity contribution in [2.75, 3.05) is 4.72 Å². The molecule has 0 radical (unpaired) electrons. The maximum Gasteiger partial charge on any atom is 0.573 e. The molecule has 0 aliphatic carbocycles. The van der Waals surface area contributed by atoms with Crippen molar-refractivity contribution < 1.29 is 35.1 Å². The number of benzene rings is 2. The van der Waals surface area contributed by atoms with Crippen molar-refractivity contribution in [2.24, 2.45) is 0 Å². The lowest BCUT2D eigenvalue weighted by Crippen LogP contribution is -2.17. The third kappa shape index (κ3) is 4.81. The van der Waals surface area contributed by atoms with E-state index in [4.69, 9.17) is 0 Å². The van der Waals surface area contributed by atoms with Crippen LogP contribution in [0.2, 0.25) is 0 Å². The maximum atomic E-state index is 13.1. The molecule has 0 heterocycles. The molecule has 0 saturated carbocycles. The van der Waals surface area contributed by atoms with E-state index >= 15 is 0 Å². The fraction of sp³-hybridized carbons (Fsp3) is 0.0769. The molecule has 0 amide bonds. The van der Waals surface area contributed by atoms with Gasteiger partial charge in [0.2, 0.25) is 0 Å². The Labute approximate surface area is 127 Å². The first-order valence-corrected chi connectivity index (χ1v) is 7.38. The first kappa shape index (κ1) is 17.0. The summed E-state index contributed by atoms with van der Waals surface area (Å²) < 4.78 is 92.0. The Morgan fingerprint density at radius 3 is 2.13 bits per heavy atom. The number of hydrogen-bond acceptors (Lipinski definition) is 3. The van der Waals surface area contributed by atoms with E-state index in [9.17, 15) is 30.4 Å². The van der Waals surface area contributed by atoms with Gasteiger partial charge in [-0.3, -0.25) is 4.72 Å². The number of rotatable bonds is 4. The number of hydrogen-bond donors (Lipinski definition) is 1. The van der Waals surface area contributed by atoms with Gasteiger partial charge in [-0.05, 0) is 24.3 Å². The van der Waals surface area contributed by atoms with Gasteiger partial charge in [0.25, 0.3) is 10.0 Å². The van der Waals surface area contributed by atoms with Crippen LogP contribution in [0.15, 0.2) is 47.4 Å². The molecule has 0 bridgehead atoms. The highest BCUT2D eigenvalue weighted by molar-refractivity contribution is 7.92. The highest BCUT2D eigenvalue weighted by atomic mass is 32.2. The zero-order chi connectivity index (χ0) is 17.3. The monoisotopic (exact) mass is 353 g/mol. The van der Waals surface area contributed by atoms with Crippen molar-refractivity contribution in [1.29, 1.82) is 0 Å². The molecular formula is C13H8F5NO3S.